The predicted molar refractivity (Wildman–Crippen MR) is 126 cm³/mol. The summed E-state index contributed by atoms with van der Waals surface area (Å²) in [5.41, 5.74) is 2.91. The number of hydrogen-bond donors (Lipinski definition) is 0. The summed E-state index contributed by atoms with van der Waals surface area (Å²) in [5.74, 6) is -0.211. The number of likely N-dealkylation sites (tertiary alicyclic amines) is 1. The highest BCUT2D eigenvalue weighted by molar-refractivity contribution is 5.91. The molecular weight excluding hydrogens is 452 g/mol. The van der Waals surface area contributed by atoms with E-state index in [0.29, 0.717) is 39.2 Å². The van der Waals surface area contributed by atoms with Gasteiger partial charge in [0.25, 0.3) is 0 Å². The predicted octanol–water partition coefficient (Wildman–Crippen LogP) is 1.50. The van der Waals surface area contributed by atoms with Crippen LogP contribution >= 0.6 is 0 Å². The second-order valence-corrected chi connectivity index (χ2v) is 8.74. The zero-order valence-electron chi connectivity index (χ0n) is 20.5. The number of fused-ring (bicyclic) bond motifs is 1. The van der Waals surface area contributed by atoms with E-state index in [2.05, 4.69) is 5.10 Å². The summed E-state index contributed by atoms with van der Waals surface area (Å²) >= 11 is 0. The maximum atomic E-state index is 13.3. The summed E-state index contributed by atoms with van der Waals surface area (Å²) in [7, 11) is 3.21. The third-order valence-electron chi connectivity index (χ3n) is 6.53. The van der Waals surface area contributed by atoms with Crippen molar-refractivity contribution in [2.45, 2.75) is 32.9 Å². The number of carbonyl (C=O) groups is 3. The highest BCUT2D eigenvalue weighted by Gasteiger charge is 2.38. The Hall–Kier alpha value is -3.40. The Bertz CT molecular complexity index is 1080. The minimum absolute atomic E-state index is 0.0300. The van der Waals surface area contributed by atoms with Crippen molar-refractivity contribution in [3.8, 4) is 5.75 Å². The first-order valence-electron chi connectivity index (χ1n) is 11.9. The van der Waals surface area contributed by atoms with Crippen molar-refractivity contribution in [1.82, 2.24) is 19.6 Å². The highest BCUT2D eigenvalue weighted by atomic mass is 16.5. The molecule has 1 fully saturated rings. The van der Waals surface area contributed by atoms with Crippen molar-refractivity contribution in [3.63, 3.8) is 0 Å². The number of benzene rings is 1. The van der Waals surface area contributed by atoms with Crippen LogP contribution in [0.3, 0.4) is 0 Å². The summed E-state index contributed by atoms with van der Waals surface area (Å²) in [5, 5.41) is 4.59. The first-order chi connectivity index (χ1) is 16.9. The van der Waals surface area contributed by atoms with Crippen molar-refractivity contribution in [2.24, 2.45) is 5.92 Å². The van der Waals surface area contributed by atoms with Gasteiger partial charge in [-0.05, 0) is 24.6 Å². The van der Waals surface area contributed by atoms with Crippen LogP contribution < -0.4 is 4.74 Å². The fourth-order valence-corrected chi connectivity index (χ4v) is 4.69. The van der Waals surface area contributed by atoms with Crippen LogP contribution in [0.4, 0.5) is 0 Å². The lowest BCUT2D eigenvalue weighted by atomic mass is 10.0. The molecule has 10 nitrogen and oxygen atoms in total. The zero-order chi connectivity index (χ0) is 24.9. The maximum absolute atomic E-state index is 13.3. The number of ether oxygens (including phenoxy) is 3. The Balaban J connectivity index is 1.54. The summed E-state index contributed by atoms with van der Waals surface area (Å²) in [6.45, 7) is 4.57. The number of aromatic nitrogens is 2. The number of amides is 2. The van der Waals surface area contributed by atoms with Gasteiger partial charge in [0.05, 0.1) is 32.8 Å². The van der Waals surface area contributed by atoms with E-state index in [-0.39, 0.29) is 43.0 Å². The van der Waals surface area contributed by atoms with E-state index < -0.39 is 5.97 Å². The lowest BCUT2D eigenvalue weighted by Crippen LogP contribution is -2.41. The van der Waals surface area contributed by atoms with Gasteiger partial charge in [0.2, 0.25) is 11.8 Å². The molecule has 0 radical (unpaired) electrons. The Kier molecular flexibility index (Phi) is 7.70. The van der Waals surface area contributed by atoms with Crippen molar-refractivity contribution < 1.29 is 28.6 Å². The molecule has 2 amide bonds. The molecule has 10 heteroatoms. The Labute approximate surface area is 204 Å². The second kappa shape index (κ2) is 10.9. The van der Waals surface area contributed by atoms with Crippen molar-refractivity contribution in [3.05, 3.63) is 46.8 Å². The SMILES string of the molecule is CCOC(=O)c1nn(Cc2ccc(OC)cc2)c2c1CN(C(=O)[C@H]1CC(=O)N(CCOC)C1)CC2. The van der Waals surface area contributed by atoms with Crippen LogP contribution in [0, 0.1) is 5.92 Å². The molecule has 1 aromatic carbocycles. The third kappa shape index (κ3) is 5.32. The molecule has 2 aliphatic heterocycles. The molecule has 0 aliphatic carbocycles. The maximum Gasteiger partial charge on any atom is 0.359 e. The summed E-state index contributed by atoms with van der Waals surface area (Å²) < 4.78 is 17.4. The van der Waals surface area contributed by atoms with E-state index in [9.17, 15) is 14.4 Å². The van der Waals surface area contributed by atoms with E-state index in [0.717, 1.165) is 22.6 Å². The van der Waals surface area contributed by atoms with Crippen LogP contribution in [0.15, 0.2) is 24.3 Å². The van der Waals surface area contributed by atoms with E-state index in [1.54, 1.807) is 30.9 Å². The fourth-order valence-electron chi connectivity index (χ4n) is 4.69. The molecule has 0 saturated carbocycles. The molecule has 35 heavy (non-hydrogen) atoms. The number of carbonyl (C=O) groups excluding carboxylic acids is 3. The first kappa shape index (κ1) is 24.7. The minimum Gasteiger partial charge on any atom is -0.497 e. The monoisotopic (exact) mass is 484 g/mol. The van der Waals surface area contributed by atoms with Crippen LogP contribution in [-0.2, 0) is 38.6 Å². The number of rotatable bonds is 9. The van der Waals surface area contributed by atoms with Gasteiger partial charge in [0.15, 0.2) is 5.69 Å². The second-order valence-electron chi connectivity index (χ2n) is 8.74. The normalized spacial score (nSPS) is 17.5. The molecule has 1 aromatic heterocycles. The van der Waals surface area contributed by atoms with E-state index >= 15 is 0 Å². The minimum atomic E-state index is -0.492. The van der Waals surface area contributed by atoms with Gasteiger partial charge in [-0.2, -0.15) is 5.10 Å². The number of hydrogen-bond acceptors (Lipinski definition) is 7. The van der Waals surface area contributed by atoms with E-state index in [1.165, 1.54) is 0 Å². The standard InChI is InChI=1S/C25H32N4O6/c1-4-35-25(32)23-20-16-28(24(31)18-13-22(30)27(15-18)11-12-33-2)10-9-21(20)29(26-23)14-17-5-7-19(34-3)8-6-17/h5-8,18H,4,9-16H2,1-3H3/t18-/m0/s1. The molecule has 1 atom stereocenters. The topological polar surface area (TPSA) is 103 Å². The van der Waals surface area contributed by atoms with Gasteiger partial charge in [0.1, 0.15) is 5.75 Å². The molecule has 0 unspecified atom stereocenters. The molecule has 0 spiro atoms. The van der Waals surface area contributed by atoms with Gasteiger partial charge in [-0.15, -0.1) is 0 Å². The average molecular weight is 485 g/mol. The number of methoxy groups -OCH3 is 2. The molecule has 3 heterocycles. The third-order valence-corrected chi connectivity index (χ3v) is 6.53. The smallest absolute Gasteiger partial charge is 0.359 e. The van der Waals surface area contributed by atoms with E-state index in [1.807, 2.05) is 28.9 Å². The molecule has 2 aromatic rings. The number of nitrogens with zero attached hydrogens (tertiary/aromatic N) is 4. The Morgan fingerprint density at radius 1 is 1.17 bits per heavy atom. The van der Waals surface area contributed by atoms with Crippen LogP contribution in [0.1, 0.15) is 40.7 Å². The van der Waals surface area contributed by atoms with Gasteiger partial charge in [0, 0.05) is 57.4 Å². The molecule has 188 valence electrons. The fraction of sp³-hybridized carbons (Fsp3) is 0.520. The molecule has 1 saturated heterocycles. The van der Waals surface area contributed by atoms with Gasteiger partial charge in [-0.25, -0.2) is 4.79 Å². The van der Waals surface area contributed by atoms with Crippen LogP contribution in [0.5, 0.6) is 5.75 Å². The summed E-state index contributed by atoms with van der Waals surface area (Å²) in [6, 6.07) is 7.69. The largest absolute Gasteiger partial charge is 0.497 e. The van der Waals surface area contributed by atoms with Gasteiger partial charge < -0.3 is 24.0 Å². The Morgan fingerprint density at radius 2 is 1.94 bits per heavy atom. The lowest BCUT2D eigenvalue weighted by molar-refractivity contribution is -0.136. The number of esters is 1. The lowest BCUT2D eigenvalue weighted by Gasteiger charge is -2.30. The van der Waals surface area contributed by atoms with Crippen LogP contribution in [0.2, 0.25) is 0 Å². The summed E-state index contributed by atoms with van der Waals surface area (Å²) in [6.07, 6.45) is 0.769. The van der Waals surface area contributed by atoms with Crippen molar-refractivity contribution in [1.29, 1.82) is 0 Å². The molecule has 0 N–H and O–H groups in total. The van der Waals surface area contributed by atoms with Gasteiger partial charge >= 0.3 is 5.97 Å². The first-order valence-corrected chi connectivity index (χ1v) is 11.9. The average Bonchev–Trinajstić information content (AvgIpc) is 3.42. The Morgan fingerprint density at radius 3 is 2.63 bits per heavy atom. The van der Waals surface area contributed by atoms with Gasteiger partial charge in [-0.3, -0.25) is 14.3 Å². The zero-order valence-corrected chi connectivity index (χ0v) is 20.5. The summed E-state index contributed by atoms with van der Waals surface area (Å²) in [4.78, 5) is 41.7. The molecule has 2 aliphatic rings. The molecule has 0 bridgehead atoms. The highest BCUT2D eigenvalue weighted by Crippen LogP contribution is 2.28. The quantitative estimate of drug-likeness (QED) is 0.497. The van der Waals surface area contributed by atoms with E-state index in [4.69, 9.17) is 14.2 Å². The van der Waals surface area contributed by atoms with Crippen LogP contribution in [0.25, 0.3) is 0 Å². The van der Waals surface area contributed by atoms with Crippen LogP contribution in [-0.4, -0.2) is 84.4 Å². The van der Waals surface area contributed by atoms with Crippen molar-refractivity contribution in [2.75, 3.05) is 47.1 Å². The molecule has 4 rings (SSSR count). The van der Waals surface area contributed by atoms with Gasteiger partial charge in [-0.1, -0.05) is 12.1 Å². The van der Waals surface area contributed by atoms with Crippen molar-refractivity contribution >= 4 is 17.8 Å². The molecular formula is C25H32N4O6.